The van der Waals surface area contributed by atoms with E-state index < -0.39 is 16.1 Å². The summed E-state index contributed by atoms with van der Waals surface area (Å²) < 4.78 is 31.8. The molecule has 1 saturated heterocycles. The number of aliphatic hydroxyl groups excluding tert-OH is 1. The monoisotopic (exact) mass is 311 g/mol. The number of hydrogen-bond acceptors (Lipinski definition) is 4. The smallest absolute Gasteiger partial charge is 0.215 e. The summed E-state index contributed by atoms with van der Waals surface area (Å²) in [5, 5.41) is 9.93. The number of rotatable bonds is 5. The van der Waals surface area contributed by atoms with Gasteiger partial charge in [0.2, 0.25) is 10.0 Å². The Bertz CT molecular complexity index is 612. The fourth-order valence-electron chi connectivity index (χ4n) is 2.92. The topological polar surface area (TPSA) is 66.8 Å². The summed E-state index contributed by atoms with van der Waals surface area (Å²) in [4.78, 5) is 0. The third-order valence-corrected chi connectivity index (χ3v) is 6.22. The molecular formula is C15H21NO4S. The molecule has 0 radical (unpaired) electrons. The van der Waals surface area contributed by atoms with Gasteiger partial charge >= 0.3 is 0 Å². The summed E-state index contributed by atoms with van der Waals surface area (Å²) in [6.07, 6.45) is 1.84. The number of ether oxygens (including phenoxy) is 1. The Morgan fingerprint density at radius 3 is 2.81 bits per heavy atom. The molecule has 3 rings (SSSR count). The van der Waals surface area contributed by atoms with Gasteiger partial charge in [0.05, 0.1) is 25.0 Å². The van der Waals surface area contributed by atoms with Crippen LogP contribution in [0.5, 0.6) is 5.75 Å². The van der Waals surface area contributed by atoms with E-state index >= 15 is 0 Å². The normalized spacial score (nSPS) is 27.0. The van der Waals surface area contributed by atoms with Crippen molar-refractivity contribution in [1.29, 1.82) is 0 Å². The van der Waals surface area contributed by atoms with Gasteiger partial charge in [0, 0.05) is 6.54 Å². The summed E-state index contributed by atoms with van der Waals surface area (Å²) in [6, 6.07) is 7.13. The molecule has 116 valence electrons. The molecule has 2 aliphatic rings. The number of methoxy groups -OCH3 is 1. The lowest BCUT2D eigenvalue weighted by Gasteiger charge is -2.24. The van der Waals surface area contributed by atoms with Crippen LogP contribution in [-0.4, -0.2) is 43.3 Å². The van der Waals surface area contributed by atoms with Crippen molar-refractivity contribution in [1.82, 2.24) is 4.31 Å². The Morgan fingerprint density at radius 2 is 2.14 bits per heavy atom. The first kappa shape index (κ1) is 14.8. The molecule has 1 saturated carbocycles. The van der Waals surface area contributed by atoms with Crippen LogP contribution in [-0.2, 0) is 10.0 Å². The van der Waals surface area contributed by atoms with Gasteiger partial charge in [-0.3, -0.25) is 0 Å². The number of aliphatic hydroxyl groups is 1. The molecule has 1 aliphatic carbocycles. The number of β-amino-alcohol motifs (C(OH)–C–C–N with tert-alkyl or cyclic N) is 1. The third-order valence-electron chi connectivity index (χ3n) is 4.21. The molecule has 0 bridgehead atoms. The van der Waals surface area contributed by atoms with Crippen LogP contribution < -0.4 is 4.74 Å². The van der Waals surface area contributed by atoms with E-state index in [4.69, 9.17) is 4.74 Å². The molecule has 1 N–H and O–H groups in total. The van der Waals surface area contributed by atoms with Crippen LogP contribution in [0.2, 0.25) is 0 Å². The quantitative estimate of drug-likeness (QED) is 0.896. The highest BCUT2D eigenvalue weighted by atomic mass is 32.2. The second-order valence-electron chi connectivity index (χ2n) is 5.97. The average Bonchev–Trinajstić information content (AvgIpc) is 3.16. The first-order valence-electron chi connectivity index (χ1n) is 7.31. The molecule has 1 aromatic carbocycles. The Morgan fingerprint density at radius 1 is 1.38 bits per heavy atom. The standard InChI is InChI=1S/C15H21NO4S/c1-20-14-4-2-3-12(7-14)15-8-13(17)9-16(15)21(18,19)10-11-5-6-11/h2-4,7,11,13,15,17H,5-6,8-10H2,1H3/t13-,15+/m0/s1. The van der Waals surface area contributed by atoms with Gasteiger partial charge in [-0.15, -0.1) is 0 Å². The highest BCUT2D eigenvalue weighted by Crippen LogP contribution is 2.38. The first-order chi connectivity index (χ1) is 9.99. The van der Waals surface area contributed by atoms with Gasteiger partial charge < -0.3 is 9.84 Å². The highest BCUT2D eigenvalue weighted by Gasteiger charge is 2.41. The maximum absolute atomic E-state index is 12.6. The number of hydrogen-bond donors (Lipinski definition) is 1. The van der Waals surface area contributed by atoms with E-state index in [1.54, 1.807) is 7.11 Å². The summed E-state index contributed by atoms with van der Waals surface area (Å²) in [6.45, 7) is 0.191. The maximum atomic E-state index is 12.6. The number of benzene rings is 1. The van der Waals surface area contributed by atoms with E-state index in [0.29, 0.717) is 18.1 Å². The van der Waals surface area contributed by atoms with Crippen molar-refractivity contribution in [2.24, 2.45) is 5.92 Å². The summed E-state index contributed by atoms with van der Waals surface area (Å²) in [5.41, 5.74) is 0.880. The zero-order chi connectivity index (χ0) is 15.0. The van der Waals surface area contributed by atoms with Crippen LogP contribution in [0.4, 0.5) is 0 Å². The van der Waals surface area contributed by atoms with Crippen LogP contribution in [0.1, 0.15) is 30.9 Å². The van der Waals surface area contributed by atoms with Crippen molar-refractivity contribution in [2.45, 2.75) is 31.4 Å². The fraction of sp³-hybridized carbons (Fsp3) is 0.600. The molecule has 0 aromatic heterocycles. The predicted octanol–water partition coefficient (Wildman–Crippen LogP) is 1.54. The summed E-state index contributed by atoms with van der Waals surface area (Å²) in [7, 11) is -1.73. The van der Waals surface area contributed by atoms with E-state index in [1.807, 2.05) is 24.3 Å². The Kier molecular flexibility index (Phi) is 3.94. The van der Waals surface area contributed by atoms with E-state index in [-0.39, 0.29) is 18.3 Å². The lowest BCUT2D eigenvalue weighted by molar-refractivity contribution is 0.188. The molecule has 0 spiro atoms. The molecular weight excluding hydrogens is 290 g/mol. The van der Waals surface area contributed by atoms with E-state index in [0.717, 1.165) is 18.4 Å². The molecule has 0 amide bonds. The molecule has 21 heavy (non-hydrogen) atoms. The molecule has 1 aliphatic heterocycles. The number of nitrogens with zero attached hydrogens (tertiary/aromatic N) is 1. The Hall–Kier alpha value is -1.11. The van der Waals surface area contributed by atoms with Gasteiger partial charge in [-0.1, -0.05) is 12.1 Å². The van der Waals surface area contributed by atoms with Gasteiger partial charge in [0.1, 0.15) is 5.75 Å². The van der Waals surface area contributed by atoms with Crippen LogP contribution in [0.3, 0.4) is 0 Å². The Labute approximate surface area is 125 Å². The van der Waals surface area contributed by atoms with E-state index in [2.05, 4.69) is 0 Å². The van der Waals surface area contributed by atoms with Crippen molar-refractivity contribution in [3.63, 3.8) is 0 Å². The predicted molar refractivity (Wildman–Crippen MR) is 79.6 cm³/mol. The minimum Gasteiger partial charge on any atom is -0.497 e. The molecule has 0 unspecified atom stereocenters. The van der Waals surface area contributed by atoms with Gasteiger partial charge in [-0.05, 0) is 42.9 Å². The minimum absolute atomic E-state index is 0.191. The van der Waals surface area contributed by atoms with Crippen LogP contribution in [0.25, 0.3) is 0 Å². The van der Waals surface area contributed by atoms with E-state index in [9.17, 15) is 13.5 Å². The molecule has 5 nitrogen and oxygen atoms in total. The largest absolute Gasteiger partial charge is 0.497 e. The van der Waals surface area contributed by atoms with Crippen molar-refractivity contribution in [2.75, 3.05) is 19.4 Å². The van der Waals surface area contributed by atoms with Crippen LogP contribution >= 0.6 is 0 Å². The summed E-state index contributed by atoms with van der Waals surface area (Å²) in [5.74, 6) is 1.22. The second-order valence-corrected chi connectivity index (χ2v) is 7.94. The van der Waals surface area contributed by atoms with Gasteiger partial charge in [-0.25, -0.2) is 8.42 Å². The SMILES string of the molecule is COc1cccc([C@H]2C[C@H](O)CN2S(=O)(=O)CC2CC2)c1. The van der Waals surface area contributed by atoms with Crippen molar-refractivity contribution in [3.05, 3.63) is 29.8 Å². The van der Waals surface area contributed by atoms with Crippen LogP contribution in [0.15, 0.2) is 24.3 Å². The molecule has 1 aromatic rings. The second kappa shape index (κ2) is 5.59. The zero-order valence-corrected chi connectivity index (χ0v) is 12.9. The maximum Gasteiger partial charge on any atom is 0.215 e. The van der Waals surface area contributed by atoms with Crippen molar-refractivity contribution < 1.29 is 18.3 Å². The number of sulfonamides is 1. The molecule has 6 heteroatoms. The lowest BCUT2D eigenvalue weighted by atomic mass is 10.0. The van der Waals surface area contributed by atoms with Crippen molar-refractivity contribution >= 4 is 10.0 Å². The Balaban J connectivity index is 1.87. The average molecular weight is 311 g/mol. The molecule has 2 atom stereocenters. The minimum atomic E-state index is -3.31. The third kappa shape index (κ3) is 3.22. The van der Waals surface area contributed by atoms with E-state index in [1.165, 1.54) is 4.31 Å². The van der Waals surface area contributed by atoms with Gasteiger partial charge in [0.15, 0.2) is 0 Å². The lowest BCUT2D eigenvalue weighted by Crippen LogP contribution is -2.34. The van der Waals surface area contributed by atoms with Crippen molar-refractivity contribution in [3.8, 4) is 5.75 Å². The molecule has 2 fully saturated rings. The molecule has 1 heterocycles. The fourth-order valence-corrected chi connectivity index (χ4v) is 5.04. The first-order valence-corrected chi connectivity index (χ1v) is 8.92. The van der Waals surface area contributed by atoms with Crippen LogP contribution in [0, 0.1) is 5.92 Å². The zero-order valence-electron chi connectivity index (χ0n) is 12.1. The summed E-state index contributed by atoms with van der Waals surface area (Å²) >= 11 is 0. The van der Waals surface area contributed by atoms with Gasteiger partial charge in [-0.2, -0.15) is 4.31 Å². The van der Waals surface area contributed by atoms with Gasteiger partial charge in [0.25, 0.3) is 0 Å². The highest BCUT2D eigenvalue weighted by molar-refractivity contribution is 7.89.